The zero-order valence-corrected chi connectivity index (χ0v) is 16.1. The molecular formula is C18H26BrNO4. The number of carboxylic acids is 1. The topological polar surface area (TPSA) is 75.6 Å². The highest BCUT2D eigenvalue weighted by atomic mass is 79.9. The van der Waals surface area contributed by atoms with E-state index in [0.717, 1.165) is 22.9 Å². The lowest BCUT2D eigenvalue weighted by Crippen LogP contribution is -2.30. The summed E-state index contributed by atoms with van der Waals surface area (Å²) in [4.78, 5) is 22.2. The SMILES string of the molecule is CC(C)(C)c1cc(Br)ccc1OCC(=O)NCCCCCC(=O)O. The van der Waals surface area contributed by atoms with E-state index in [4.69, 9.17) is 9.84 Å². The van der Waals surface area contributed by atoms with E-state index in [-0.39, 0.29) is 24.3 Å². The fourth-order valence-electron chi connectivity index (χ4n) is 2.21. The van der Waals surface area contributed by atoms with E-state index >= 15 is 0 Å². The van der Waals surface area contributed by atoms with Crippen LogP contribution in [0.4, 0.5) is 0 Å². The molecule has 1 rings (SSSR count). The molecule has 6 heteroatoms. The summed E-state index contributed by atoms with van der Waals surface area (Å²) in [7, 11) is 0. The monoisotopic (exact) mass is 399 g/mol. The van der Waals surface area contributed by atoms with Crippen molar-refractivity contribution in [3.63, 3.8) is 0 Å². The lowest BCUT2D eigenvalue weighted by Gasteiger charge is -2.23. The second-order valence-electron chi connectivity index (χ2n) is 6.73. The highest BCUT2D eigenvalue weighted by molar-refractivity contribution is 9.10. The highest BCUT2D eigenvalue weighted by Crippen LogP contribution is 2.33. The number of carboxylic acid groups (broad SMARTS) is 1. The van der Waals surface area contributed by atoms with Gasteiger partial charge >= 0.3 is 5.97 Å². The summed E-state index contributed by atoms with van der Waals surface area (Å²) in [6.07, 6.45) is 2.37. The third-order valence-electron chi connectivity index (χ3n) is 3.50. The van der Waals surface area contributed by atoms with Gasteiger partial charge in [0.05, 0.1) is 0 Å². The van der Waals surface area contributed by atoms with Crippen molar-refractivity contribution in [2.24, 2.45) is 0 Å². The van der Waals surface area contributed by atoms with E-state index < -0.39 is 5.97 Å². The summed E-state index contributed by atoms with van der Waals surface area (Å²) < 4.78 is 6.66. The van der Waals surface area contributed by atoms with Crippen LogP contribution in [0.15, 0.2) is 22.7 Å². The van der Waals surface area contributed by atoms with E-state index in [2.05, 4.69) is 42.0 Å². The first-order valence-corrected chi connectivity index (χ1v) is 8.91. The van der Waals surface area contributed by atoms with Crippen LogP contribution in [0.3, 0.4) is 0 Å². The quantitative estimate of drug-likeness (QED) is 0.617. The third kappa shape index (κ3) is 7.81. The lowest BCUT2D eigenvalue weighted by molar-refractivity contribution is -0.137. The van der Waals surface area contributed by atoms with E-state index in [9.17, 15) is 9.59 Å². The molecule has 1 aromatic carbocycles. The Balaban J connectivity index is 2.38. The van der Waals surface area contributed by atoms with Crippen LogP contribution < -0.4 is 10.1 Å². The molecule has 0 heterocycles. The molecule has 0 radical (unpaired) electrons. The number of hydrogen-bond donors (Lipinski definition) is 2. The molecular weight excluding hydrogens is 374 g/mol. The molecule has 0 spiro atoms. The van der Waals surface area contributed by atoms with Crippen molar-refractivity contribution >= 4 is 27.8 Å². The number of nitrogens with one attached hydrogen (secondary N) is 1. The van der Waals surface area contributed by atoms with Crippen molar-refractivity contribution in [1.29, 1.82) is 0 Å². The summed E-state index contributed by atoms with van der Waals surface area (Å²) in [6, 6.07) is 5.77. The summed E-state index contributed by atoms with van der Waals surface area (Å²) >= 11 is 3.46. The Morgan fingerprint density at radius 3 is 2.54 bits per heavy atom. The van der Waals surface area contributed by atoms with Crippen molar-refractivity contribution in [1.82, 2.24) is 5.32 Å². The molecule has 5 nitrogen and oxygen atoms in total. The number of halogens is 1. The van der Waals surface area contributed by atoms with Crippen LogP contribution in [0.5, 0.6) is 5.75 Å². The summed E-state index contributed by atoms with van der Waals surface area (Å²) in [5.74, 6) is -0.241. The number of ether oxygens (including phenoxy) is 1. The van der Waals surface area contributed by atoms with Crippen molar-refractivity contribution in [3.05, 3.63) is 28.2 Å². The zero-order valence-electron chi connectivity index (χ0n) is 14.5. The third-order valence-corrected chi connectivity index (χ3v) is 3.99. The van der Waals surface area contributed by atoms with Crippen LogP contribution in [0.25, 0.3) is 0 Å². The van der Waals surface area contributed by atoms with E-state index in [1.807, 2.05) is 18.2 Å². The first-order valence-electron chi connectivity index (χ1n) is 8.11. The van der Waals surface area contributed by atoms with Crippen LogP contribution in [0.2, 0.25) is 0 Å². The van der Waals surface area contributed by atoms with Gasteiger partial charge in [-0.15, -0.1) is 0 Å². The smallest absolute Gasteiger partial charge is 0.303 e. The molecule has 0 aliphatic carbocycles. The molecule has 0 unspecified atom stereocenters. The molecule has 0 saturated heterocycles. The van der Waals surface area contributed by atoms with Crippen LogP contribution in [-0.4, -0.2) is 30.1 Å². The molecule has 0 aromatic heterocycles. The number of hydrogen-bond acceptors (Lipinski definition) is 3. The average Bonchev–Trinajstić information content (AvgIpc) is 2.48. The summed E-state index contributed by atoms with van der Waals surface area (Å²) in [5, 5.41) is 11.3. The molecule has 2 N–H and O–H groups in total. The lowest BCUT2D eigenvalue weighted by atomic mass is 9.86. The zero-order chi connectivity index (χ0) is 18.2. The molecule has 1 aromatic rings. The van der Waals surface area contributed by atoms with Crippen LogP contribution >= 0.6 is 15.9 Å². The van der Waals surface area contributed by atoms with E-state index in [0.29, 0.717) is 18.7 Å². The number of aliphatic carboxylic acids is 1. The van der Waals surface area contributed by atoms with Gasteiger partial charge in [0.25, 0.3) is 5.91 Å². The summed E-state index contributed by atoms with van der Waals surface area (Å²) in [5.41, 5.74) is 0.957. The van der Waals surface area contributed by atoms with Gasteiger partial charge in [0, 0.05) is 23.0 Å². The highest BCUT2D eigenvalue weighted by Gasteiger charge is 2.19. The van der Waals surface area contributed by atoms with Gasteiger partial charge < -0.3 is 15.2 Å². The minimum Gasteiger partial charge on any atom is -0.483 e. The van der Waals surface area contributed by atoms with E-state index in [1.165, 1.54) is 0 Å². The van der Waals surface area contributed by atoms with E-state index in [1.54, 1.807) is 0 Å². The van der Waals surface area contributed by atoms with Crippen molar-refractivity contribution < 1.29 is 19.4 Å². The second kappa shape index (κ2) is 9.67. The van der Waals surface area contributed by atoms with Gasteiger partial charge in [-0.1, -0.05) is 43.1 Å². The largest absolute Gasteiger partial charge is 0.483 e. The fourth-order valence-corrected chi connectivity index (χ4v) is 2.58. The molecule has 0 atom stereocenters. The molecule has 0 fully saturated rings. The molecule has 0 saturated carbocycles. The van der Waals surface area contributed by atoms with Crippen LogP contribution in [0.1, 0.15) is 52.0 Å². The standard InChI is InChI=1S/C18H26BrNO4/c1-18(2,3)14-11-13(19)8-9-15(14)24-12-16(21)20-10-6-4-5-7-17(22)23/h8-9,11H,4-7,10,12H2,1-3H3,(H,20,21)(H,22,23). The van der Waals surface area contributed by atoms with Gasteiger partial charge in [-0.25, -0.2) is 0 Å². The number of carbonyl (C=O) groups is 2. The summed E-state index contributed by atoms with van der Waals surface area (Å²) in [6.45, 7) is 6.80. The Bertz CT molecular complexity index is 567. The minimum atomic E-state index is -0.781. The average molecular weight is 400 g/mol. The Hall–Kier alpha value is -1.56. The fraction of sp³-hybridized carbons (Fsp3) is 0.556. The predicted molar refractivity (Wildman–Crippen MR) is 97.5 cm³/mol. The van der Waals surface area contributed by atoms with Gasteiger partial charge in [-0.3, -0.25) is 9.59 Å². The number of benzene rings is 1. The maximum atomic E-state index is 11.8. The molecule has 0 aliphatic rings. The first-order chi connectivity index (χ1) is 11.2. The predicted octanol–water partition coefficient (Wildman–Crippen LogP) is 3.89. The molecule has 134 valence electrons. The normalized spacial score (nSPS) is 11.2. The Kier molecular flexibility index (Phi) is 8.25. The van der Waals surface area contributed by atoms with Crippen molar-refractivity contribution in [3.8, 4) is 5.75 Å². The number of amides is 1. The first kappa shape index (κ1) is 20.5. The molecule has 0 bridgehead atoms. The van der Waals surface area contributed by atoms with Gasteiger partial charge in [-0.2, -0.15) is 0 Å². The van der Waals surface area contributed by atoms with Crippen LogP contribution in [0, 0.1) is 0 Å². The molecule has 24 heavy (non-hydrogen) atoms. The van der Waals surface area contributed by atoms with Gasteiger partial charge in [0.15, 0.2) is 6.61 Å². The van der Waals surface area contributed by atoms with Gasteiger partial charge in [0.2, 0.25) is 0 Å². The van der Waals surface area contributed by atoms with Gasteiger partial charge in [-0.05, 0) is 36.5 Å². The minimum absolute atomic E-state index is 0.0279. The Morgan fingerprint density at radius 1 is 1.21 bits per heavy atom. The van der Waals surface area contributed by atoms with Crippen molar-refractivity contribution in [2.45, 2.75) is 51.9 Å². The van der Waals surface area contributed by atoms with Crippen LogP contribution in [-0.2, 0) is 15.0 Å². The second-order valence-corrected chi connectivity index (χ2v) is 7.65. The number of rotatable bonds is 9. The van der Waals surface area contributed by atoms with Gasteiger partial charge in [0.1, 0.15) is 5.75 Å². The molecule has 0 aliphatic heterocycles. The maximum absolute atomic E-state index is 11.8. The van der Waals surface area contributed by atoms with Crippen molar-refractivity contribution in [2.75, 3.05) is 13.2 Å². The Morgan fingerprint density at radius 2 is 1.92 bits per heavy atom. The number of carbonyl (C=O) groups excluding carboxylic acids is 1. The molecule has 1 amide bonds. The Labute approximate surface area is 151 Å². The maximum Gasteiger partial charge on any atom is 0.303 e. The number of unbranched alkanes of at least 4 members (excludes halogenated alkanes) is 2.